The fourth-order valence-corrected chi connectivity index (χ4v) is 6.82. The summed E-state index contributed by atoms with van der Waals surface area (Å²) in [6.45, 7) is 0. The summed E-state index contributed by atoms with van der Waals surface area (Å²) >= 11 is 0. The van der Waals surface area contributed by atoms with Crippen LogP contribution in [0.5, 0.6) is 0 Å². The maximum absolute atomic E-state index is 5.11. The van der Waals surface area contributed by atoms with E-state index in [4.69, 9.17) is 9.97 Å². The molecule has 0 saturated heterocycles. The number of aromatic nitrogens is 2. The smallest absolute Gasteiger partial charge is 0.160 e. The standard InChI is InChI=1S/C44H28N2/c1-2-12-29(13-3-1)44-45-42-23-9-8-22-40(42)43(46-44)34-17-11-16-32(27-34)30-14-10-15-31(26-30)33-24-25-39-37-20-5-4-18-35(37)36-19-6-7-21-38(36)41(39)28-33/h1-28H. The number of para-hydroxylation sites is 1. The van der Waals surface area contributed by atoms with Gasteiger partial charge in [-0.15, -0.1) is 0 Å². The highest BCUT2D eigenvalue weighted by Gasteiger charge is 2.13. The third-order valence-corrected chi connectivity index (χ3v) is 9.04. The molecule has 0 atom stereocenters. The molecule has 0 aliphatic carbocycles. The summed E-state index contributed by atoms with van der Waals surface area (Å²) in [6, 6.07) is 60.5. The van der Waals surface area contributed by atoms with E-state index in [0.717, 1.165) is 39.1 Å². The van der Waals surface area contributed by atoms with Gasteiger partial charge in [-0.2, -0.15) is 0 Å². The SMILES string of the molecule is c1ccc(-c2nc(-c3cccc(-c4cccc(-c5ccc6c7ccccc7c7ccccc7c6c5)c4)c3)c3ccccc3n2)cc1. The first-order chi connectivity index (χ1) is 22.8. The minimum absolute atomic E-state index is 0.735. The van der Waals surface area contributed by atoms with Gasteiger partial charge in [-0.3, -0.25) is 0 Å². The average molecular weight is 585 g/mol. The second kappa shape index (κ2) is 10.8. The van der Waals surface area contributed by atoms with Crippen molar-refractivity contribution in [2.24, 2.45) is 0 Å². The fourth-order valence-electron chi connectivity index (χ4n) is 6.82. The molecule has 1 aromatic heterocycles. The molecule has 0 aliphatic heterocycles. The minimum Gasteiger partial charge on any atom is -0.228 e. The van der Waals surface area contributed by atoms with Crippen LogP contribution in [-0.2, 0) is 0 Å². The van der Waals surface area contributed by atoms with Crippen LogP contribution in [0.25, 0.3) is 88.1 Å². The third kappa shape index (κ3) is 4.43. The average Bonchev–Trinajstić information content (AvgIpc) is 3.15. The monoisotopic (exact) mass is 584 g/mol. The summed E-state index contributed by atoms with van der Waals surface area (Å²) in [5.74, 6) is 0.735. The quantitative estimate of drug-likeness (QED) is 0.192. The van der Waals surface area contributed by atoms with Crippen LogP contribution in [0.2, 0.25) is 0 Å². The van der Waals surface area contributed by atoms with Gasteiger partial charge < -0.3 is 0 Å². The minimum atomic E-state index is 0.735. The molecule has 0 radical (unpaired) electrons. The first-order valence-electron chi connectivity index (χ1n) is 15.7. The molecule has 0 aliphatic rings. The van der Waals surface area contributed by atoms with Gasteiger partial charge >= 0.3 is 0 Å². The normalized spacial score (nSPS) is 11.5. The Kier molecular flexibility index (Phi) is 6.17. The zero-order valence-electron chi connectivity index (χ0n) is 25.1. The Balaban J connectivity index is 1.16. The molecule has 0 bridgehead atoms. The highest BCUT2D eigenvalue weighted by atomic mass is 14.9. The van der Waals surface area contributed by atoms with Crippen molar-refractivity contribution in [3.05, 3.63) is 170 Å². The molecule has 9 aromatic rings. The molecular formula is C44H28N2. The molecule has 46 heavy (non-hydrogen) atoms. The van der Waals surface area contributed by atoms with E-state index in [1.54, 1.807) is 0 Å². The molecule has 2 heteroatoms. The van der Waals surface area contributed by atoms with Crippen LogP contribution in [0.3, 0.4) is 0 Å². The number of nitrogens with zero attached hydrogens (tertiary/aromatic N) is 2. The topological polar surface area (TPSA) is 25.8 Å². The van der Waals surface area contributed by atoms with E-state index in [1.165, 1.54) is 49.0 Å². The summed E-state index contributed by atoms with van der Waals surface area (Å²) in [4.78, 5) is 10.0. The van der Waals surface area contributed by atoms with Crippen molar-refractivity contribution in [3.63, 3.8) is 0 Å². The van der Waals surface area contributed by atoms with E-state index in [-0.39, 0.29) is 0 Å². The Morgan fingerprint density at radius 2 is 0.717 bits per heavy atom. The van der Waals surface area contributed by atoms with E-state index >= 15 is 0 Å². The zero-order chi connectivity index (χ0) is 30.5. The van der Waals surface area contributed by atoms with E-state index in [9.17, 15) is 0 Å². The first-order valence-corrected chi connectivity index (χ1v) is 15.7. The molecule has 9 rings (SSSR count). The van der Waals surface area contributed by atoms with Crippen molar-refractivity contribution in [1.82, 2.24) is 9.97 Å². The van der Waals surface area contributed by atoms with E-state index in [0.29, 0.717) is 0 Å². The Labute approximate surface area is 267 Å². The largest absolute Gasteiger partial charge is 0.228 e. The number of benzene rings is 8. The van der Waals surface area contributed by atoms with Gasteiger partial charge in [-0.1, -0.05) is 146 Å². The lowest BCUT2D eigenvalue weighted by molar-refractivity contribution is 1.23. The van der Waals surface area contributed by atoms with Crippen molar-refractivity contribution in [3.8, 4) is 44.9 Å². The lowest BCUT2D eigenvalue weighted by atomic mass is 9.91. The fraction of sp³-hybridized carbons (Fsp3) is 0. The van der Waals surface area contributed by atoms with Gasteiger partial charge in [0.15, 0.2) is 5.82 Å². The second-order valence-corrected chi connectivity index (χ2v) is 11.8. The summed E-state index contributed by atoms with van der Waals surface area (Å²) in [7, 11) is 0. The lowest BCUT2D eigenvalue weighted by Crippen LogP contribution is -1.95. The van der Waals surface area contributed by atoms with E-state index in [1.807, 2.05) is 24.3 Å². The van der Waals surface area contributed by atoms with E-state index in [2.05, 4.69) is 146 Å². The summed E-state index contributed by atoms with van der Waals surface area (Å²) in [6.07, 6.45) is 0. The summed E-state index contributed by atoms with van der Waals surface area (Å²) < 4.78 is 0. The van der Waals surface area contributed by atoms with Crippen LogP contribution in [0, 0.1) is 0 Å². The van der Waals surface area contributed by atoms with Gasteiger partial charge in [-0.05, 0) is 78.8 Å². The Morgan fingerprint density at radius 3 is 1.37 bits per heavy atom. The van der Waals surface area contributed by atoms with Gasteiger partial charge in [0, 0.05) is 16.5 Å². The Bertz CT molecular complexity index is 2550. The van der Waals surface area contributed by atoms with Crippen molar-refractivity contribution < 1.29 is 0 Å². The number of hydrogen-bond donors (Lipinski definition) is 0. The van der Waals surface area contributed by atoms with Gasteiger partial charge in [0.2, 0.25) is 0 Å². The molecule has 0 unspecified atom stereocenters. The van der Waals surface area contributed by atoms with Crippen molar-refractivity contribution in [2.75, 3.05) is 0 Å². The van der Waals surface area contributed by atoms with Crippen LogP contribution >= 0.6 is 0 Å². The molecule has 0 amide bonds. The highest BCUT2D eigenvalue weighted by molar-refractivity contribution is 6.25. The number of fused-ring (bicyclic) bond motifs is 7. The molecule has 214 valence electrons. The molecule has 0 N–H and O–H groups in total. The van der Waals surface area contributed by atoms with Crippen molar-refractivity contribution in [2.45, 2.75) is 0 Å². The van der Waals surface area contributed by atoms with E-state index < -0.39 is 0 Å². The lowest BCUT2D eigenvalue weighted by Gasteiger charge is -2.13. The van der Waals surface area contributed by atoms with Gasteiger partial charge in [0.25, 0.3) is 0 Å². The van der Waals surface area contributed by atoms with Crippen LogP contribution in [-0.4, -0.2) is 9.97 Å². The second-order valence-electron chi connectivity index (χ2n) is 11.8. The first kappa shape index (κ1) is 26.3. The summed E-state index contributed by atoms with van der Waals surface area (Å²) in [5, 5.41) is 8.78. The molecule has 0 spiro atoms. The zero-order valence-corrected chi connectivity index (χ0v) is 25.1. The number of rotatable bonds is 4. The molecule has 0 fully saturated rings. The molecular weight excluding hydrogens is 556 g/mol. The summed E-state index contributed by atoms with van der Waals surface area (Å²) in [5.41, 5.74) is 8.69. The molecule has 2 nitrogen and oxygen atoms in total. The Morgan fingerprint density at radius 1 is 0.261 bits per heavy atom. The number of hydrogen-bond acceptors (Lipinski definition) is 2. The predicted octanol–water partition coefficient (Wildman–Crippen LogP) is 11.8. The predicted molar refractivity (Wildman–Crippen MR) is 194 cm³/mol. The van der Waals surface area contributed by atoms with Crippen molar-refractivity contribution >= 4 is 43.2 Å². The van der Waals surface area contributed by atoms with Crippen molar-refractivity contribution in [1.29, 1.82) is 0 Å². The van der Waals surface area contributed by atoms with Crippen LogP contribution < -0.4 is 0 Å². The Hall–Kier alpha value is -6.12. The maximum Gasteiger partial charge on any atom is 0.160 e. The third-order valence-electron chi connectivity index (χ3n) is 9.04. The van der Waals surface area contributed by atoms with Gasteiger partial charge in [0.05, 0.1) is 11.2 Å². The van der Waals surface area contributed by atoms with Crippen LogP contribution in [0.1, 0.15) is 0 Å². The van der Waals surface area contributed by atoms with Crippen LogP contribution in [0.15, 0.2) is 170 Å². The molecule has 1 heterocycles. The molecule has 0 saturated carbocycles. The van der Waals surface area contributed by atoms with Crippen LogP contribution in [0.4, 0.5) is 0 Å². The van der Waals surface area contributed by atoms with Gasteiger partial charge in [-0.25, -0.2) is 9.97 Å². The maximum atomic E-state index is 5.11. The highest BCUT2D eigenvalue weighted by Crippen LogP contribution is 2.38. The van der Waals surface area contributed by atoms with Gasteiger partial charge in [0.1, 0.15) is 0 Å². The molecule has 8 aromatic carbocycles.